The first-order valence-electron chi connectivity index (χ1n) is 7.74. The van der Waals surface area contributed by atoms with Crippen molar-refractivity contribution in [3.05, 3.63) is 29.3 Å². The smallest absolute Gasteiger partial charge is 0.224 e. The number of piperazine rings is 1. The molecular weight excluding hydrogens is 357 g/mol. The zero-order valence-corrected chi connectivity index (χ0v) is 15.4. The highest BCUT2D eigenvalue weighted by atomic mass is 35.5. The maximum atomic E-state index is 12.3. The fraction of sp³-hybridized carbons (Fsp3) is 0.562. The molecule has 2 heterocycles. The highest BCUT2D eigenvalue weighted by Gasteiger charge is 2.25. The molecule has 4 nitrogen and oxygen atoms in total. The van der Waals surface area contributed by atoms with Gasteiger partial charge in [-0.3, -0.25) is 4.79 Å². The van der Waals surface area contributed by atoms with Crippen LogP contribution in [-0.2, 0) is 4.79 Å². The lowest BCUT2D eigenvalue weighted by Gasteiger charge is -2.36. The second kappa shape index (κ2) is 9.58. The van der Waals surface area contributed by atoms with Gasteiger partial charge in [0.05, 0.1) is 10.7 Å². The van der Waals surface area contributed by atoms with Crippen molar-refractivity contribution in [2.24, 2.45) is 0 Å². The predicted octanol–water partition coefficient (Wildman–Crippen LogP) is 2.97. The molecule has 0 radical (unpaired) electrons. The van der Waals surface area contributed by atoms with Crippen LogP contribution >= 0.6 is 36.4 Å². The van der Waals surface area contributed by atoms with Crippen LogP contribution in [-0.4, -0.2) is 49.6 Å². The fourth-order valence-electron chi connectivity index (χ4n) is 3.18. The highest BCUT2D eigenvalue weighted by molar-refractivity contribution is 6.33. The second-order valence-corrected chi connectivity index (χ2v) is 6.22. The third kappa shape index (κ3) is 5.15. The molecule has 0 saturated carbocycles. The third-order valence-corrected chi connectivity index (χ3v) is 4.73. The lowest BCUT2D eigenvalue weighted by atomic mass is 10.1. The van der Waals surface area contributed by atoms with Crippen LogP contribution in [0.5, 0.6) is 0 Å². The van der Waals surface area contributed by atoms with Gasteiger partial charge in [0.1, 0.15) is 0 Å². The van der Waals surface area contributed by atoms with Crippen molar-refractivity contribution in [2.45, 2.75) is 25.3 Å². The summed E-state index contributed by atoms with van der Waals surface area (Å²) in [5.74, 6) is 0.285. The number of nitrogens with one attached hydrogen (secondary N) is 1. The van der Waals surface area contributed by atoms with E-state index in [0.29, 0.717) is 12.5 Å². The largest absolute Gasteiger partial charge is 0.367 e. The van der Waals surface area contributed by atoms with Gasteiger partial charge in [-0.2, -0.15) is 0 Å². The number of nitrogens with zero attached hydrogens (tertiary/aromatic N) is 2. The number of para-hydroxylation sites is 1. The number of carbonyl (C=O) groups excluding carboxylic acids is 1. The van der Waals surface area contributed by atoms with Gasteiger partial charge in [-0.15, -0.1) is 24.8 Å². The Morgan fingerprint density at radius 3 is 2.48 bits per heavy atom. The molecule has 1 aromatic rings. The van der Waals surface area contributed by atoms with Crippen LogP contribution in [0.25, 0.3) is 0 Å². The number of rotatable bonds is 3. The second-order valence-electron chi connectivity index (χ2n) is 5.82. The van der Waals surface area contributed by atoms with E-state index in [4.69, 9.17) is 11.6 Å². The Morgan fingerprint density at radius 2 is 1.87 bits per heavy atom. The minimum absolute atomic E-state index is 0. The normalized spacial score (nSPS) is 20.7. The summed E-state index contributed by atoms with van der Waals surface area (Å²) >= 11 is 6.24. The number of amides is 1. The molecule has 2 aliphatic heterocycles. The number of hydrogen-bond acceptors (Lipinski definition) is 3. The zero-order chi connectivity index (χ0) is 14.7. The number of benzene rings is 1. The Kier molecular flexibility index (Phi) is 8.48. The molecule has 2 fully saturated rings. The van der Waals surface area contributed by atoms with Gasteiger partial charge in [0.25, 0.3) is 0 Å². The lowest BCUT2D eigenvalue weighted by molar-refractivity contribution is -0.131. The van der Waals surface area contributed by atoms with Crippen LogP contribution in [0, 0.1) is 0 Å². The van der Waals surface area contributed by atoms with Crippen LogP contribution < -0.4 is 10.2 Å². The molecule has 1 N–H and O–H groups in total. The Labute approximate surface area is 155 Å². The van der Waals surface area contributed by atoms with E-state index >= 15 is 0 Å². The number of hydrogen-bond donors (Lipinski definition) is 1. The topological polar surface area (TPSA) is 35.6 Å². The summed E-state index contributed by atoms with van der Waals surface area (Å²) in [5, 5.41) is 4.18. The molecule has 2 saturated heterocycles. The van der Waals surface area contributed by atoms with Crippen LogP contribution in [0.2, 0.25) is 5.02 Å². The standard InChI is InChI=1S/C16H22ClN3O.2ClH/c17-14-5-1-2-6-15(14)19-8-10-20(11-9-19)16(21)12-13-4-3-7-18-13;;/h1-2,5-6,13,18H,3-4,7-12H2;2*1H. The molecule has 0 aliphatic carbocycles. The fourth-order valence-corrected chi connectivity index (χ4v) is 3.43. The van der Waals surface area contributed by atoms with Gasteiger partial charge < -0.3 is 15.1 Å². The molecule has 0 bridgehead atoms. The summed E-state index contributed by atoms with van der Waals surface area (Å²) in [6.45, 7) is 4.34. The molecule has 0 aromatic heterocycles. The molecule has 3 rings (SSSR count). The Morgan fingerprint density at radius 1 is 1.17 bits per heavy atom. The van der Waals surface area contributed by atoms with Gasteiger partial charge in [-0.1, -0.05) is 23.7 Å². The molecular formula is C16H24Cl3N3O. The van der Waals surface area contributed by atoms with E-state index in [0.717, 1.165) is 49.9 Å². The lowest BCUT2D eigenvalue weighted by Crippen LogP contribution is -2.49. The molecule has 1 unspecified atom stereocenters. The molecule has 7 heteroatoms. The summed E-state index contributed by atoms with van der Waals surface area (Å²) in [5.41, 5.74) is 1.07. The van der Waals surface area contributed by atoms with Crippen LogP contribution in [0.15, 0.2) is 24.3 Å². The first kappa shape index (κ1) is 20.4. The van der Waals surface area contributed by atoms with Crippen molar-refractivity contribution < 1.29 is 4.79 Å². The van der Waals surface area contributed by atoms with Crippen LogP contribution in [0.1, 0.15) is 19.3 Å². The maximum absolute atomic E-state index is 12.3. The van der Waals surface area contributed by atoms with Gasteiger partial charge in [-0.25, -0.2) is 0 Å². The van der Waals surface area contributed by atoms with E-state index < -0.39 is 0 Å². The van der Waals surface area contributed by atoms with Crippen LogP contribution in [0.4, 0.5) is 5.69 Å². The van der Waals surface area contributed by atoms with E-state index in [2.05, 4.69) is 10.2 Å². The average molecular weight is 381 g/mol. The molecule has 1 aromatic carbocycles. The summed E-state index contributed by atoms with van der Waals surface area (Å²) in [6, 6.07) is 8.30. The molecule has 23 heavy (non-hydrogen) atoms. The minimum atomic E-state index is 0. The maximum Gasteiger partial charge on any atom is 0.224 e. The summed E-state index contributed by atoms with van der Waals surface area (Å²) < 4.78 is 0. The van der Waals surface area contributed by atoms with Gasteiger partial charge in [0, 0.05) is 38.6 Å². The van der Waals surface area contributed by atoms with E-state index in [1.54, 1.807) is 0 Å². The number of anilines is 1. The SMILES string of the molecule is Cl.Cl.O=C(CC1CCCN1)N1CCN(c2ccccc2Cl)CC1. The summed E-state index contributed by atoms with van der Waals surface area (Å²) in [6.07, 6.45) is 2.97. The summed E-state index contributed by atoms with van der Waals surface area (Å²) in [7, 11) is 0. The predicted molar refractivity (Wildman–Crippen MR) is 100 cm³/mol. The van der Waals surface area contributed by atoms with Gasteiger partial charge in [0.2, 0.25) is 5.91 Å². The Balaban J connectivity index is 0.00000132. The van der Waals surface area contributed by atoms with Crippen molar-refractivity contribution in [1.82, 2.24) is 10.2 Å². The van der Waals surface area contributed by atoms with Crippen molar-refractivity contribution in [2.75, 3.05) is 37.6 Å². The summed E-state index contributed by atoms with van der Waals surface area (Å²) in [4.78, 5) is 16.6. The molecule has 0 spiro atoms. The molecule has 1 atom stereocenters. The number of halogens is 3. The Hall–Kier alpha value is -0.680. The minimum Gasteiger partial charge on any atom is -0.367 e. The van der Waals surface area contributed by atoms with Gasteiger partial charge in [0.15, 0.2) is 0 Å². The van der Waals surface area contributed by atoms with E-state index in [9.17, 15) is 4.79 Å². The molecule has 130 valence electrons. The molecule has 2 aliphatic rings. The zero-order valence-electron chi connectivity index (χ0n) is 13.0. The van der Waals surface area contributed by atoms with Crippen molar-refractivity contribution in [3.63, 3.8) is 0 Å². The first-order valence-corrected chi connectivity index (χ1v) is 8.12. The van der Waals surface area contributed by atoms with E-state index in [1.807, 2.05) is 29.2 Å². The van der Waals surface area contributed by atoms with Crippen LogP contribution in [0.3, 0.4) is 0 Å². The van der Waals surface area contributed by atoms with Gasteiger partial charge in [-0.05, 0) is 31.5 Å². The first-order chi connectivity index (χ1) is 10.2. The van der Waals surface area contributed by atoms with E-state index in [1.165, 1.54) is 6.42 Å². The van der Waals surface area contributed by atoms with Crippen molar-refractivity contribution in [1.29, 1.82) is 0 Å². The van der Waals surface area contributed by atoms with Crippen molar-refractivity contribution in [3.8, 4) is 0 Å². The third-order valence-electron chi connectivity index (χ3n) is 4.41. The van der Waals surface area contributed by atoms with Gasteiger partial charge >= 0.3 is 0 Å². The molecule has 1 amide bonds. The quantitative estimate of drug-likeness (QED) is 0.875. The number of carbonyl (C=O) groups is 1. The monoisotopic (exact) mass is 379 g/mol. The Bertz CT molecular complexity index is 501. The highest BCUT2D eigenvalue weighted by Crippen LogP contribution is 2.26. The van der Waals surface area contributed by atoms with Crippen molar-refractivity contribution >= 4 is 48.0 Å². The van der Waals surface area contributed by atoms with E-state index in [-0.39, 0.29) is 30.7 Å². The average Bonchev–Trinajstić information content (AvgIpc) is 3.01.